The molecule has 3 heteroatoms. The van der Waals surface area contributed by atoms with Gasteiger partial charge in [0.25, 0.3) is 0 Å². The highest BCUT2D eigenvalue weighted by atomic mass is 32.1. The molecule has 0 fully saturated rings. The van der Waals surface area contributed by atoms with E-state index in [0.29, 0.717) is 0 Å². The molecule has 17 heavy (non-hydrogen) atoms. The summed E-state index contributed by atoms with van der Waals surface area (Å²) in [4.78, 5) is 5.87. The molecule has 0 saturated carbocycles. The first-order valence-electron chi connectivity index (χ1n) is 5.96. The van der Waals surface area contributed by atoms with Crippen molar-refractivity contribution in [1.29, 1.82) is 0 Å². The highest BCUT2D eigenvalue weighted by Gasteiger charge is 2.02. The molecular formula is C14H18N2S. The Morgan fingerprint density at radius 2 is 2.18 bits per heavy atom. The summed E-state index contributed by atoms with van der Waals surface area (Å²) in [5.41, 5.74) is 3.81. The minimum atomic E-state index is 0.943. The first-order chi connectivity index (χ1) is 8.31. The minimum Gasteiger partial charge on any atom is -0.316 e. The van der Waals surface area contributed by atoms with Crippen LogP contribution >= 0.6 is 11.3 Å². The van der Waals surface area contributed by atoms with Crippen LogP contribution in [-0.2, 0) is 19.4 Å². The third-order valence-electron chi connectivity index (χ3n) is 2.74. The molecule has 0 aliphatic carbocycles. The number of hydrogen-bond acceptors (Lipinski definition) is 3. The van der Waals surface area contributed by atoms with Gasteiger partial charge >= 0.3 is 0 Å². The zero-order valence-corrected chi connectivity index (χ0v) is 11.2. The van der Waals surface area contributed by atoms with Gasteiger partial charge in [-0.2, -0.15) is 0 Å². The third-order valence-corrected chi connectivity index (χ3v) is 3.72. The molecule has 0 atom stereocenters. The molecule has 0 unspecified atom stereocenters. The molecule has 0 aliphatic rings. The van der Waals surface area contributed by atoms with Crippen LogP contribution in [-0.4, -0.2) is 12.0 Å². The van der Waals surface area contributed by atoms with Gasteiger partial charge in [-0.3, -0.25) is 4.98 Å². The number of rotatable bonds is 5. The van der Waals surface area contributed by atoms with Gasteiger partial charge in [-0.15, -0.1) is 11.3 Å². The van der Waals surface area contributed by atoms with Crippen molar-refractivity contribution in [2.75, 3.05) is 7.05 Å². The first kappa shape index (κ1) is 12.3. The van der Waals surface area contributed by atoms with Crippen LogP contribution in [0.3, 0.4) is 0 Å². The molecule has 0 aliphatic heterocycles. The van der Waals surface area contributed by atoms with Crippen LogP contribution in [0, 0.1) is 0 Å². The van der Waals surface area contributed by atoms with Gasteiger partial charge in [0, 0.05) is 29.7 Å². The van der Waals surface area contributed by atoms with Crippen LogP contribution in [0.15, 0.2) is 29.8 Å². The average Bonchev–Trinajstić information content (AvgIpc) is 2.78. The second-order valence-electron chi connectivity index (χ2n) is 4.14. The molecule has 0 amide bonds. The molecule has 0 spiro atoms. The standard InChI is InChI=1S/C14H18N2S/c1-3-11-4-5-13(16-9-11)7-14-6-12(8-15-2)10-17-14/h4-6,9-10,15H,3,7-8H2,1-2H3. The number of aromatic nitrogens is 1. The van der Waals surface area contributed by atoms with Gasteiger partial charge in [-0.25, -0.2) is 0 Å². The van der Waals surface area contributed by atoms with Crippen molar-refractivity contribution < 1.29 is 0 Å². The maximum Gasteiger partial charge on any atom is 0.0455 e. The van der Waals surface area contributed by atoms with Gasteiger partial charge in [0.1, 0.15) is 0 Å². The van der Waals surface area contributed by atoms with Crippen LogP contribution in [0.5, 0.6) is 0 Å². The van der Waals surface area contributed by atoms with E-state index in [2.05, 4.69) is 40.8 Å². The van der Waals surface area contributed by atoms with E-state index in [1.54, 1.807) is 0 Å². The van der Waals surface area contributed by atoms with Gasteiger partial charge in [0.15, 0.2) is 0 Å². The summed E-state index contributed by atoms with van der Waals surface area (Å²) in [6, 6.07) is 6.57. The molecule has 2 nitrogen and oxygen atoms in total. The van der Waals surface area contributed by atoms with E-state index in [-0.39, 0.29) is 0 Å². The third kappa shape index (κ3) is 3.38. The van der Waals surface area contributed by atoms with Crippen LogP contribution in [0.2, 0.25) is 0 Å². The molecule has 1 N–H and O–H groups in total. The van der Waals surface area contributed by atoms with E-state index in [1.165, 1.54) is 16.0 Å². The summed E-state index contributed by atoms with van der Waals surface area (Å²) in [6.45, 7) is 3.10. The quantitative estimate of drug-likeness (QED) is 0.877. The lowest BCUT2D eigenvalue weighted by molar-refractivity contribution is 0.820. The van der Waals surface area contributed by atoms with E-state index in [1.807, 2.05) is 24.6 Å². The predicted molar refractivity (Wildman–Crippen MR) is 73.5 cm³/mol. The van der Waals surface area contributed by atoms with Crippen molar-refractivity contribution >= 4 is 11.3 Å². The van der Waals surface area contributed by atoms with E-state index in [9.17, 15) is 0 Å². The van der Waals surface area contributed by atoms with Gasteiger partial charge in [0.2, 0.25) is 0 Å². The van der Waals surface area contributed by atoms with Crippen LogP contribution in [0.1, 0.15) is 28.6 Å². The SMILES string of the molecule is CCc1ccc(Cc2cc(CNC)cs2)nc1. The predicted octanol–water partition coefficient (Wildman–Crippen LogP) is 3.02. The van der Waals surface area contributed by atoms with Crippen molar-refractivity contribution in [1.82, 2.24) is 10.3 Å². The topological polar surface area (TPSA) is 24.9 Å². The Hall–Kier alpha value is -1.19. The van der Waals surface area contributed by atoms with E-state index < -0.39 is 0 Å². The summed E-state index contributed by atoms with van der Waals surface area (Å²) in [6.07, 6.45) is 3.98. The minimum absolute atomic E-state index is 0.943. The lowest BCUT2D eigenvalue weighted by atomic mass is 10.1. The molecule has 0 aromatic carbocycles. The van der Waals surface area contributed by atoms with Gasteiger partial charge < -0.3 is 5.32 Å². The van der Waals surface area contributed by atoms with Crippen molar-refractivity contribution in [3.63, 3.8) is 0 Å². The number of thiophene rings is 1. The molecule has 0 radical (unpaired) electrons. The molecule has 2 aromatic rings. The maximum atomic E-state index is 4.49. The Morgan fingerprint density at radius 1 is 1.29 bits per heavy atom. The Morgan fingerprint density at radius 3 is 2.82 bits per heavy atom. The fourth-order valence-corrected chi connectivity index (χ4v) is 2.67. The smallest absolute Gasteiger partial charge is 0.0455 e. The second-order valence-corrected chi connectivity index (χ2v) is 5.14. The van der Waals surface area contributed by atoms with Crippen molar-refractivity contribution in [3.8, 4) is 0 Å². The molecule has 90 valence electrons. The fraction of sp³-hybridized carbons (Fsp3) is 0.357. The number of nitrogens with zero attached hydrogens (tertiary/aromatic N) is 1. The van der Waals surface area contributed by atoms with E-state index in [0.717, 1.165) is 25.1 Å². The van der Waals surface area contributed by atoms with E-state index >= 15 is 0 Å². The van der Waals surface area contributed by atoms with Crippen LogP contribution in [0.25, 0.3) is 0 Å². The zero-order chi connectivity index (χ0) is 12.1. The van der Waals surface area contributed by atoms with Gasteiger partial charge in [-0.05, 0) is 42.1 Å². The maximum absolute atomic E-state index is 4.49. The molecule has 0 bridgehead atoms. The number of aryl methyl sites for hydroxylation is 1. The fourth-order valence-electron chi connectivity index (χ4n) is 1.76. The second kappa shape index (κ2) is 5.94. The summed E-state index contributed by atoms with van der Waals surface area (Å²) in [5, 5.41) is 5.38. The summed E-state index contributed by atoms with van der Waals surface area (Å²) in [5.74, 6) is 0. The van der Waals surface area contributed by atoms with E-state index in [4.69, 9.17) is 0 Å². The van der Waals surface area contributed by atoms with Crippen molar-refractivity contribution in [2.24, 2.45) is 0 Å². The van der Waals surface area contributed by atoms with Gasteiger partial charge in [-0.1, -0.05) is 13.0 Å². The first-order valence-corrected chi connectivity index (χ1v) is 6.84. The van der Waals surface area contributed by atoms with Crippen molar-refractivity contribution in [3.05, 3.63) is 51.5 Å². The molecule has 2 rings (SSSR count). The Bertz CT molecular complexity index is 459. The highest BCUT2D eigenvalue weighted by molar-refractivity contribution is 7.10. The lowest BCUT2D eigenvalue weighted by Gasteiger charge is -2.00. The number of hydrogen-bond donors (Lipinski definition) is 1. The molecule has 2 heterocycles. The zero-order valence-electron chi connectivity index (χ0n) is 10.4. The summed E-state index contributed by atoms with van der Waals surface area (Å²) in [7, 11) is 1.97. The van der Waals surface area contributed by atoms with Crippen molar-refractivity contribution in [2.45, 2.75) is 26.3 Å². The highest BCUT2D eigenvalue weighted by Crippen LogP contribution is 2.18. The summed E-state index contributed by atoms with van der Waals surface area (Å²) >= 11 is 1.81. The summed E-state index contributed by atoms with van der Waals surface area (Å²) < 4.78 is 0. The molecule has 2 aromatic heterocycles. The normalized spacial score (nSPS) is 10.7. The largest absolute Gasteiger partial charge is 0.316 e. The number of nitrogens with one attached hydrogen (secondary N) is 1. The van der Waals surface area contributed by atoms with Gasteiger partial charge in [0.05, 0.1) is 0 Å². The Kier molecular flexibility index (Phi) is 4.29. The molecular weight excluding hydrogens is 228 g/mol. The Labute approximate surface area is 107 Å². The van der Waals surface area contributed by atoms with Crippen LogP contribution < -0.4 is 5.32 Å². The van der Waals surface area contributed by atoms with Crippen LogP contribution in [0.4, 0.5) is 0 Å². The lowest BCUT2D eigenvalue weighted by Crippen LogP contribution is -2.03. The average molecular weight is 246 g/mol. The Balaban J connectivity index is 2.03. The molecule has 0 saturated heterocycles. The monoisotopic (exact) mass is 246 g/mol. The number of pyridine rings is 1.